The van der Waals surface area contributed by atoms with Crippen molar-refractivity contribution in [2.75, 3.05) is 6.61 Å². The summed E-state index contributed by atoms with van der Waals surface area (Å²) in [7, 11) is 0. The summed E-state index contributed by atoms with van der Waals surface area (Å²) in [5.41, 5.74) is 0.853. The Balaban J connectivity index is 3.10. The van der Waals surface area contributed by atoms with E-state index in [1.807, 2.05) is 0 Å². The van der Waals surface area contributed by atoms with Crippen molar-refractivity contribution in [1.82, 2.24) is 0 Å². The topological polar surface area (TPSA) is 43.4 Å². The van der Waals surface area contributed by atoms with Gasteiger partial charge in [0, 0.05) is 10.0 Å². The zero-order chi connectivity index (χ0) is 13.0. The Bertz CT molecular complexity index is 441. The summed E-state index contributed by atoms with van der Waals surface area (Å²) in [4.78, 5) is 23.1. The first-order valence-corrected chi connectivity index (χ1v) is 6.83. The number of hydrogen-bond donors (Lipinski definition) is 0. The van der Waals surface area contributed by atoms with Crippen LogP contribution in [-0.4, -0.2) is 23.2 Å². The second kappa shape index (κ2) is 6.31. The molecule has 0 aliphatic heterocycles. The normalized spacial score (nSPS) is 12.0. The average Bonchev–Trinajstić information content (AvgIpc) is 2.28. The van der Waals surface area contributed by atoms with Crippen molar-refractivity contribution in [1.29, 1.82) is 0 Å². The Morgan fingerprint density at radius 1 is 1.41 bits per heavy atom. The molecule has 0 aliphatic carbocycles. The van der Waals surface area contributed by atoms with Crippen LogP contribution in [0.4, 0.5) is 0 Å². The molecular formula is C12H12Br2O3. The fraction of sp³-hybridized carbons (Fsp3) is 0.333. The minimum absolute atomic E-state index is 0.0805. The van der Waals surface area contributed by atoms with Crippen LogP contribution in [0.15, 0.2) is 22.7 Å². The SMILES string of the molecule is CCOC(=O)c1ccc(Br)c(C(=O)C(C)Br)c1. The molecule has 92 valence electrons. The average molecular weight is 364 g/mol. The highest BCUT2D eigenvalue weighted by molar-refractivity contribution is 9.10. The van der Waals surface area contributed by atoms with Crippen molar-refractivity contribution in [3.63, 3.8) is 0 Å². The number of halogens is 2. The maximum absolute atomic E-state index is 11.9. The first-order valence-electron chi connectivity index (χ1n) is 5.12. The zero-order valence-electron chi connectivity index (χ0n) is 9.50. The standard InChI is InChI=1S/C12H12Br2O3/c1-3-17-12(16)8-4-5-10(14)9(6-8)11(15)7(2)13/h4-7H,3H2,1-2H3. The molecule has 0 bridgehead atoms. The molecule has 1 aromatic rings. The summed E-state index contributed by atoms with van der Waals surface area (Å²) in [5.74, 6) is -0.501. The van der Waals surface area contributed by atoms with Crippen LogP contribution in [0, 0.1) is 0 Å². The van der Waals surface area contributed by atoms with Crippen LogP contribution in [0.5, 0.6) is 0 Å². The molecule has 0 N–H and O–H groups in total. The zero-order valence-corrected chi connectivity index (χ0v) is 12.7. The summed E-state index contributed by atoms with van der Waals surface area (Å²) in [6.45, 7) is 3.79. The summed E-state index contributed by atoms with van der Waals surface area (Å²) < 4.78 is 5.55. The van der Waals surface area contributed by atoms with Gasteiger partial charge in [-0.2, -0.15) is 0 Å². The van der Waals surface area contributed by atoms with E-state index in [1.54, 1.807) is 32.0 Å². The van der Waals surface area contributed by atoms with Gasteiger partial charge < -0.3 is 4.74 Å². The Morgan fingerprint density at radius 2 is 2.06 bits per heavy atom. The Morgan fingerprint density at radius 3 is 2.59 bits per heavy atom. The van der Waals surface area contributed by atoms with E-state index in [0.29, 0.717) is 22.2 Å². The van der Waals surface area contributed by atoms with E-state index in [0.717, 1.165) is 0 Å². The van der Waals surface area contributed by atoms with Crippen LogP contribution in [0.3, 0.4) is 0 Å². The van der Waals surface area contributed by atoms with Gasteiger partial charge in [-0.05, 0) is 32.0 Å². The van der Waals surface area contributed by atoms with Crippen LogP contribution in [0.25, 0.3) is 0 Å². The number of benzene rings is 1. The number of ether oxygens (including phenoxy) is 1. The third-order valence-electron chi connectivity index (χ3n) is 2.10. The van der Waals surface area contributed by atoms with E-state index in [2.05, 4.69) is 31.9 Å². The predicted octanol–water partition coefficient (Wildman–Crippen LogP) is 3.59. The van der Waals surface area contributed by atoms with Crippen LogP contribution in [-0.2, 0) is 4.74 Å². The molecule has 1 atom stereocenters. The van der Waals surface area contributed by atoms with Gasteiger partial charge in [0.2, 0.25) is 0 Å². The molecule has 0 aliphatic rings. The Kier molecular flexibility index (Phi) is 5.33. The molecule has 1 aromatic carbocycles. The highest BCUT2D eigenvalue weighted by atomic mass is 79.9. The molecule has 0 aromatic heterocycles. The van der Waals surface area contributed by atoms with Gasteiger partial charge in [0.15, 0.2) is 5.78 Å². The third kappa shape index (κ3) is 3.64. The molecule has 0 radical (unpaired) electrons. The smallest absolute Gasteiger partial charge is 0.338 e. The number of Topliss-reactive ketones (excluding diaryl/α,β-unsaturated/α-hetero) is 1. The van der Waals surface area contributed by atoms with Gasteiger partial charge in [-0.25, -0.2) is 4.79 Å². The van der Waals surface area contributed by atoms with E-state index < -0.39 is 5.97 Å². The van der Waals surface area contributed by atoms with Gasteiger partial charge in [0.05, 0.1) is 17.0 Å². The van der Waals surface area contributed by atoms with Crippen molar-refractivity contribution >= 4 is 43.6 Å². The maximum Gasteiger partial charge on any atom is 0.338 e. The molecule has 3 nitrogen and oxygen atoms in total. The molecule has 0 spiro atoms. The number of rotatable bonds is 4. The molecule has 1 unspecified atom stereocenters. The lowest BCUT2D eigenvalue weighted by Gasteiger charge is -2.08. The summed E-state index contributed by atoms with van der Waals surface area (Å²) >= 11 is 6.51. The van der Waals surface area contributed by atoms with Crippen LogP contribution in [0.1, 0.15) is 34.6 Å². The molecule has 0 saturated heterocycles. The lowest BCUT2D eigenvalue weighted by molar-refractivity contribution is 0.0526. The number of carbonyl (C=O) groups excluding carboxylic acids is 2. The van der Waals surface area contributed by atoms with Crippen molar-refractivity contribution in [2.24, 2.45) is 0 Å². The first-order chi connectivity index (χ1) is 7.97. The van der Waals surface area contributed by atoms with Gasteiger partial charge in [-0.1, -0.05) is 31.9 Å². The number of esters is 1. The molecule has 5 heteroatoms. The fourth-order valence-electron chi connectivity index (χ4n) is 1.27. The summed E-state index contributed by atoms with van der Waals surface area (Å²) in [5, 5.41) is 0. The quantitative estimate of drug-likeness (QED) is 0.466. The lowest BCUT2D eigenvalue weighted by atomic mass is 10.1. The van der Waals surface area contributed by atoms with Crippen molar-refractivity contribution in [3.05, 3.63) is 33.8 Å². The molecule has 0 saturated carbocycles. The maximum atomic E-state index is 11.9. The Labute approximate surface area is 117 Å². The van der Waals surface area contributed by atoms with Gasteiger partial charge in [-0.3, -0.25) is 4.79 Å². The third-order valence-corrected chi connectivity index (χ3v) is 3.21. The van der Waals surface area contributed by atoms with Crippen LogP contribution < -0.4 is 0 Å². The highest BCUT2D eigenvalue weighted by Gasteiger charge is 2.17. The van der Waals surface area contributed by atoms with Gasteiger partial charge in [-0.15, -0.1) is 0 Å². The number of alkyl halides is 1. The monoisotopic (exact) mass is 362 g/mol. The van der Waals surface area contributed by atoms with Crippen molar-refractivity contribution in [3.8, 4) is 0 Å². The van der Waals surface area contributed by atoms with E-state index in [4.69, 9.17) is 4.74 Å². The first kappa shape index (κ1) is 14.4. The minimum atomic E-state index is -0.420. The van der Waals surface area contributed by atoms with Crippen LogP contribution >= 0.6 is 31.9 Å². The van der Waals surface area contributed by atoms with Crippen molar-refractivity contribution in [2.45, 2.75) is 18.7 Å². The molecular weight excluding hydrogens is 352 g/mol. The minimum Gasteiger partial charge on any atom is -0.462 e. The van der Waals surface area contributed by atoms with Gasteiger partial charge in [0.1, 0.15) is 0 Å². The second-order valence-electron chi connectivity index (χ2n) is 3.40. The second-order valence-corrected chi connectivity index (χ2v) is 5.62. The van der Waals surface area contributed by atoms with Gasteiger partial charge in [0.25, 0.3) is 0 Å². The molecule has 0 amide bonds. The van der Waals surface area contributed by atoms with Gasteiger partial charge >= 0.3 is 5.97 Å². The molecule has 1 rings (SSSR count). The van der Waals surface area contributed by atoms with Crippen molar-refractivity contribution < 1.29 is 14.3 Å². The summed E-state index contributed by atoms with van der Waals surface area (Å²) in [6, 6.07) is 4.84. The largest absolute Gasteiger partial charge is 0.462 e. The highest BCUT2D eigenvalue weighted by Crippen LogP contribution is 2.22. The van der Waals surface area contributed by atoms with E-state index in [9.17, 15) is 9.59 Å². The number of hydrogen-bond acceptors (Lipinski definition) is 3. The molecule has 0 fully saturated rings. The molecule has 17 heavy (non-hydrogen) atoms. The predicted molar refractivity (Wildman–Crippen MR) is 72.8 cm³/mol. The van der Waals surface area contributed by atoms with E-state index >= 15 is 0 Å². The number of ketones is 1. The van der Waals surface area contributed by atoms with E-state index in [-0.39, 0.29) is 10.6 Å². The lowest BCUT2D eigenvalue weighted by Crippen LogP contribution is -2.13. The van der Waals surface area contributed by atoms with E-state index in [1.165, 1.54) is 0 Å². The fourth-order valence-corrected chi connectivity index (χ4v) is 1.96. The summed E-state index contributed by atoms with van der Waals surface area (Å²) in [6.07, 6.45) is 0. The van der Waals surface area contributed by atoms with Crippen LogP contribution in [0.2, 0.25) is 0 Å². The Hall–Kier alpha value is -0.680. The molecule has 0 heterocycles. The number of carbonyl (C=O) groups is 2.